The molecule has 25 heavy (non-hydrogen) atoms. The van der Waals surface area contributed by atoms with Gasteiger partial charge in [-0.3, -0.25) is 9.59 Å². The molecule has 2 aromatic rings. The number of aliphatic hydroxyl groups excluding tert-OH is 1. The second-order valence-corrected chi connectivity index (χ2v) is 6.05. The van der Waals surface area contributed by atoms with Crippen molar-refractivity contribution in [2.24, 2.45) is 0 Å². The summed E-state index contributed by atoms with van der Waals surface area (Å²) in [7, 11) is 0. The van der Waals surface area contributed by atoms with Crippen LogP contribution in [0.2, 0.25) is 0 Å². The van der Waals surface area contributed by atoms with Crippen LogP contribution in [-0.4, -0.2) is 52.0 Å². The van der Waals surface area contributed by atoms with Crippen LogP contribution < -0.4 is 5.32 Å². The van der Waals surface area contributed by atoms with Crippen molar-refractivity contribution in [1.82, 2.24) is 15.2 Å². The fourth-order valence-corrected chi connectivity index (χ4v) is 2.87. The van der Waals surface area contributed by atoms with E-state index in [-0.39, 0.29) is 18.4 Å². The standard InChI is InChI=1S/C19H21N3O3/c23-17-10-12-22(19(25)15-7-4-11-20-15)13-16(17)21-18(24)9-8-14-5-2-1-3-6-14/h1-9,11,16-17,20,23H,10,12-13H2,(H,21,24)/b9-8+/t16-,17+/m1/s1. The van der Waals surface area contributed by atoms with Gasteiger partial charge in [0.05, 0.1) is 12.1 Å². The molecular formula is C19H21N3O3. The Morgan fingerprint density at radius 2 is 2.00 bits per heavy atom. The number of benzene rings is 1. The summed E-state index contributed by atoms with van der Waals surface area (Å²) in [5, 5.41) is 12.9. The summed E-state index contributed by atoms with van der Waals surface area (Å²) >= 11 is 0. The molecule has 2 atom stereocenters. The molecule has 6 nitrogen and oxygen atoms in total. The Labute approximate surface area is 146 Å². The number of aliphatic hydroxyl groups is 1. The molecule has 0 saturated carbocycles. The van der Waals surface area contributed by atoms with E-state index in [9.17, 15) is 14.7 Å². The molecule has 1 aromatic carbocycles. The smallest absolute Gasteiger partial charge is 0.270 e. The van der Waals surface area contributed by atoms with Gasteiger partial charge in [0.25, 0.3) is 5.91 Å². The number of H-pyrrole nitrogens is 1. The molecule has 0 unspecified atom stereocenters. The Morgan fingerprint density at radius 3 is 2.72 bits per heavy atom. The average molecular weight is 339 g/mol. The van der Waals surface area contributed by atoms with Gasteiger partial charge < -0.3 is 20.3 Å². The Balaban J connectivity index is 1.59. The van der Waals surface area contributed by atoms with Gasteiger partial charge in [0.15, 0.2) is 0 Å². The minimum Gasteiger partial charge on any atom is -0.391 e. The number of nitrogens with one attached hydrogen (secondary N) is 2. The maximum atomic E-state index is 12.4. The third kappa shape index (κ3) is 4.36. The Bertz CT molecular complexity index is 741. The third-order valence-corrected chi connectivity index (χ3v) is 4.25. The number of hydrogen-bond acceptors (Lipinski definition) is 3. The maximum Gasteiger partial charge on any atom is 0.270 e. The van der Waals surface area contributed by atoms with E-state index >= 15 is 0 Å². The normalized spacial score (nSPS) is 20.6. The van der Waals surface area contributed by atoms with E-state index in [1.54, 1.807) is 29.3 Å². The molecule has 1 aliphatic heterocycles. The van der Waals surface area contributed by atoms with E-state index in [0.717, 1.165) is 5.56 Å². The predicted molar refractivity (Wildman–Crippen MR) is 94.7 cm³/mol. The van der Waals surface area contributed by atoms with Crippen molar-refractivity contribution >= 4 is 17.9 Å². The van der Waals surface area contributed by atoms with E-state index in [4.69, 9.17) is 0 Å². The molecule has 1 aromatic heterocycles. The van der Waals surface area contributed by atoms with Gasteiger partial charge in [-0.05, 0) is 30.2 Å². The topological polar surface area (TPSA) is 85.4 Å². The van der Waals surface area contributed by atoms with Crippen LogP contribution in [0, 0.1) is 0 Å². The van der Waals surface area contributed by atoms with Crippen LogP contribution in [-0.2, 0) is 4.79 Å². The molecular weight excluding hydrogens is 318 g/mol. The number of nitrogens with zero attached hydrogens (tertiary/aromatic N) is 1. The molecule has 130 valence electrons. The van der Waals surface area contributed by atoms with Crippen LogP contribution in [0.4, 0.5) is 0 Å². The van der Waals surface area contributed by atoms with Gasteiger partial charge in [-0.25, -0.2) is 0 Å². The minimum absolute atomic E-state index is 0.129. The molecule has 0 bridgehead atoms. The number of aromatic nitrogens is 1. The molecule has 6 heteroatoms. The van der Waals surface area contributed by atoms with Gasteiger partial charge in [0.2, 0.25) is 5.91 Å². The summed E-state index contributed by atoms with van der Waals surface area (Å²) < 4.78 is 0. The minimum atomic E-state index is -0.665. The number of aromatic amines is 1. The van der Waals surface area contributed by atoms with Gasteiger partial charge in [-0.15, -0.1) is 0 Å². The monoisotopic (exact) mass is 339 g/mol. The highest BCUT2D eigenvalue weighted by molar-refractivity contribution is 5.93. The van der Waals surface area contributed by atoms with Gasteiger partial charge in [0.1, 0.15) is 5.69 Å². The SMILES string of the molecule is O=C(/C=C/c1ccccc1)N[C@@H]1CN(C(=O)c2ccc[nH]2)CC[C@@H]1O. The second kappa shape index (κ2) is 7.81. The molecule has 2 amide bonds. The second-order valence-electron chi connectivity index (χ2n) is 6.05. The van der Waals surface area contributed by atoms with E-state index in [1.807, 2.05) is 30.3 Å². The van der Waals surface area contributed by atoms with Gasteiger partial charge in [-0.2, -0.15) is 0 Å². The zero-order valence-electron chi connectivity index (χ0n) is 13.8. The number of piperidine rings is 1. The van der Waals surface area contributed by atoms with Gasteiger partial charge in [-0.1, -0.05) is 30.3 Å². The van der Waals surface area contributed by atoms with Crippen molar-refractivity contribution in [2.75, 3.05) is 13.1 Å². The maximum absolute atomic E-state index is 12.4. The van der Waals surface area contributed by atoms with Crippen LogP contribution in [0.15, 0.2) is 54.7 Å². The summed E-state index contributed by atoms with van der Waals surface area (Å²) in [6.45, 7) is 0.745. The highest BCUT2D eigenvalue weighted by Crippen LogP contribution is 2.14. The highest BCUT2D eigenvalue weighted by Gasteiger charge is 2.31. The van der Waals surface area contributed by atoms with E-state index < -0.39 is 12.1 Å². The fourth-order valence-electron chi connectivity index (χ4n) is 2.87. The first-order chi connectivity index (χ1) is 12.1. The number of rotatable bonds is 4. The molecule has 0 aliphatic carbocycles. The van der Waals surface area contributed by atoms with Crippen LogP contribution in [0.3, 0.4) is 0 Å². The van der Waals surface area contributed by atoms with E-state index in [1.165, 1.54) is 6.08 Å². The number of hydrogen-bond donors (Lipinski definition) is 3. The summed E-state index contributed by atoms with van der Waals surface area (Å²) in [5.41, 5.74) is 1.43. The molecule has 1 aliphatic rings. The van der Waals surface area contributed by atoms with Crippen LogP contribution in [0.1, 0.15) is 22.5 Å². The number of carbonyl (C=O) groups excluding carboxylic acids is 2. The number of amides is 2. The first-order valence-corrected chi connectivity index (χ1v) is 8.28. The lowest BCUT2D eigenvalue weighted by Crippen LogP contribution is -2.56. The van der Waals surface area contributed by atoms with Gasteiger partial charge in [0, 0.05) is 25.4 Å². The van der Waals surface area contributed by atoms with Crippen molar-refractivity contribution in [3.8, 4) is 0 Å². The summed E-state index contributed by atoms with van der Waals surface area (Å²) in [5.74, 6) is -0.418. The first kappa shape index (κ1) is 17.0. The van der Waals surface area contributed by atoms with Crippen molar-refractivity contribution in [1.29, 1.82) is 0 Å². The van der Waals surface area contributed by atoms with Gasteiger partial charge >= 0.3 is 0 Å². The Hall–Kier alpha value is -2.86. The molecule has 0 spiro atoms. The van der Waals surface area contributed by atoms with Crippen molar-refractivity contribution < 1.29 is 14.7 Å². The lowest BCUT2D eigenvalue weighted by Gasteiger charge is -2.36. The molecule has 3 rings (SSSR count). The highest BCUT2D eigenvalue weighted by atomic mass is 16.3. The quantitative estimate of drug-likeness (QED) is 0.737. The Kier molecular flexibility index (Phi) is 5.30. The molecule has 2 heterocycles. The van der Waals surface area contributed by atoms with Crippen molar-refractivity contribution in [2.45, 2.75) is 18.6 Å². The van der Waals surface area contributed by atoms with Crippen LogP contribution >= 0.6 is 0 Å². The molecule has 1 fully saturated rings. The number of carbonyl (C=O) groups is 2. The largest absolute Gasteiger partial charge is 0.391 e. The average Bonchev–Trinajstić information content (AvgIpc) is 3.17. The van der Waals surface area contributed by atoms with E-state index in [0.29, 0.717) is 18.7 Å². The zero-order valence-corrected chi connectivity index (χ0v) is 13.8. The first-order valence-electron chi connectivity index (χ1n) is 8.28. The molecule has 3 N–H and O–H groups in total. The van der Waals surface area contributed by atoms with Crippen molar-refractivity contribution in [3.63, 3.8) is 0 Å². The zero-order chi connectivity index (χ0) is 17.6. The lowest BCUT2D eigenvalue weighted by molar-refractivity contribution is -0.118. The molecule has 0 radical (unpaired) electrons. The van der Waals surface area contributed by atoms with E-state index in [2.05, 4.69) is 10.3 Å². The van der Waals surface area contributed by atoms with Crippen molar-refractivity contribution in [3.05, 3.63) is 66.0 Å². The Morgan fingerprint density at radius 1 is 1.20 bits per heavy atom. The van der Waals surface area contributed by atoms with Crippen LogP contribution in [0.25, 0.3) is 6.08 Å². The third-order valence-electron chi connectivity index (χ3n) is 4.25. The lowest BCUT2D eigenvalue weighted by atomic mass is 10.0. The predicted octanol–water partition coefficient (Wildman–Crippen LogP) is 1.42. The van der Waals surface area contributed by atoms with Crippen LogP contribution in [0.5, 0.6) is 0 Å². The summed E-state index contributed by atoms with van der Waals surface area (Å²) in [4.78, 5) is 29.0. The number of likely N-dealkylation sites (tertiary alicyclic amines) is 1. The summed E-state index contributed by atoms with van der Waals surface area (Å²) in [6.07, 6.45) is 4.61. The summed E-state index contributed by atoms with van der Waals surface area (Å²) in [6, 6.07) is 12.5. The fraction of sp³-hybridized carbons (Fsp3) is 0.263. The molecule has 1 saturated heterocycles.